The zero-order valence-corrected chi connectivity index (χ0v) is 11.9. The van der Waals surface area contributed by atoms with Crippen molar-refractivity contribution in [3.8, 4) is 0 Å². The Bertz CT molecular complexity index is 369. The predicted molar refractivity (Wildman–Crippen MR) is 81.9 cm³/mol. The lowest BCUT2D eigenvalue weighted by atomic mass is 9.93. The molecule has 1 aliphatic heterocycles. The fourth-order valence-corrected chi connectivity index (χ4v) is 2.86. The molecule has 1 fully saturated rings. The van der Waals surface area contributed by atoms with Crippen LogP contribution in [0.15, 0.2) is 30.3 Å². The number of rotatable bonds is 3. The first-order valence-electron chi connectivity index (χ1n) is 6.90. The fraction of sp³-hybridized carbons (Fsp3) is 0.533. The van der Waals surface area contributed by atoms with Gasteiger partial charge in [-0.2, -0.15) is 0 Å². The van der Waals surface area contributed by atoms with Crippen LogP contribution < -0.4 is 5.32 Å². The summed E-state index contributed by atoms with van der Waals surface area (Å²) in [5.41, 5.74) is 1.08. The summed E-state index contributed by atoms with van der Waals surface area (Å²) in [7, 11) is 0. The minimum atomic E-state index is 0.871. The van der Waals surface area contributed by atoms with Gasteiger partial charge in [-0.25, -0.2) is 0 Å². The highest BCUT2D eigenvalue weighted by Crippen LogP contribution is 2.22. The zero-order chi connectivity index (χ0) is 12.8. The molecule has 2 nitrogen and oxygen atoms in total. The van der Waals surface area contributed by atoms with Crippen LogP contribution in [-0.2, 0) is 0 Å². The minimum absolute atomic E-state index is 0.871. The molecule has 1 aromatic carbocycles. The molecule has 1 aliphatic rings. The Balaban J connectivity index is 1.81. The molecule has 0 amide bonds. The summed E-state index contributed by atoms with van der Waals surface area (Å²) in [5.74, 6) is 0.908. The number of para-hydroxylation sites is 1. The number of anilines is 1. The van der Waals surface area contributed by atoms with Crippen LogP contribution in [0.2, 0.25) is 0 Å². The molecular weight excluding hydrogens is 240 g/mol. The smallest absolute Gasteiger partial charge is 0.173 e. The second-order valence-electron chi connectivity index (χ2n) is 5.02. The zero-order valence-electron chi connectivity index (χ0n) is 11.1. The molecule has 0 radical (unpaired) electrons. The molecule has 0 bridgehead atoms. The van der Waals surface area contributed by atoms with E-state index in [1.165, 1.54) is 25.7 Å². The molecule has 0 spiro atoms. The van der Waals surface area contributed by atoms with Crippen LogP contribution in [0.5, 0.6) is 0 Å². The van der Waals surface area contributed by atoms with Gasteiger partial charge in [0.25, 0.3) is 0 Å². The third-order valence-electron chi connectivity index (χ3n) is 3.62. The Hall–Kier alpha value is -1.09. The molecule has 1 aromatic rings. The average Bonchev–Trinajstić information content (AvgIpc) is 2.41. The quantitative estimate of drug-likeness (QED) is 0.832. The largest absolute Gasteiger partial charge is 0.349 e. The lowest BCUT2D eigenvalue weighted by Gasteiger charge is -2.33. The Morgan fingerprint density at radius 2 is 1.94 bits per heavy atom. The lowest BCUT2D eigenvalue weighted by Crippen LogP contribution is -2.40. The van der Waals surface area contributed by atoms with Crippen LogP contribution in [0.1, 0.15) is 32.6 Å². The van der Waals surface area contributed by atoms with E-state index < -0.39 is 0 Å². The van der Waals surface area contributed by atoms with Gasteiger partial charge in [0.2, 0.25) is 0 Å². The van der Waals surface area contributed by atoms with E-state index in [0.29, 0.717) is 0 Å². The number of nitrogens with zero attached hydrogens (tertiary/aromatic N) is 1. The first kappa shape index (κ1) is 13.3. The number of piperidine rings is 1. The molecule has 1 saturated heterocycles. The number of likely N-dealkylation sites (tertiary alicyclic amines) is 1. The van der Waals surface area contributed by atoms with E-state index in [1.807, 2.05) is 18.2 Å². The van der Waals surface area contributed by atoms with Crippen molar-refractivity contribution in [1.29, 1.82) is 0 Å². The van der Waals surface area contributed by atoms with Crippen molar-refractivity contribution in [1.82, 2.24) is 4.90 Å². The average molecular weight is 262 g/mol. The van der Waals surface area contributed by atoms with Crippen LogP contribution in [0.4, 0.5) is 5.69 Å². The summed E-state index contributed by atoms with van der Waals surface area (Å²) < 4.78 is 0. The second kappa shape index (κ2) is 6.74. The van der Waals surface area contributed by atoms with Gasteiger partial charge < -0.3 is 10.2 Å². The van der Waals surface area contributed by atoms with Crippen molar-refractivity contribution >= 4 is 23.0 Å². The van der Waals surface area contributed by atoms with Crippen LogP contribution in [0.25, 0.3) is 0 Å². The Labute approximate surface area is 115 Å². The van der Waals surface area contributed by atoms with E-state index in [0.717, 1.165) is 29.8 Å². The van der Waals surface area contributed by atoms with E-state index in [1.54, 1.807) is 0 Å². The summed E-state index contributed by atoms with van der Waals surface area (Å²) in [4.78, 5) is 2.30. The highest BCUT2D eigenvalue weighted by molar-refractivity contribution is 7.80. The van der Waals surface area contributed by atoms with Crippen LogP contribution >= 0.6 is 12.2 Å². The van der Waals surface area contributed by atoms with Crippen molar-refractivity contribution in [2.45, 2.75) is 32.6 Å². The molecule has 3 heteroatoms. The van der Waals surface area contributed by atoms with Gasteiger partial charge in [0, 0.05) is 18.8 Å². The normalized spacial score (nSPS) is 16.6. The molecule has 98 valence electrons. The van der Waals surface area contributed by atoms with E-state index in [4.69, 9.17) is 12.2 Å². The molecule has 0 atom stereocenters. The minimum Gasteiger partial charge on any atom is -0.349 e. The third-order valence-corrected chi connectivity index (χ3v) is 3.98. The van der Waals surface area contributed by atoms with Crippen molar-refractivity contribution in [2.75, 3.05) is 18.4 Å². The van der Waals surface area contributed by atoms with Crippen LogP contribution in [0, 0.1) is 5.92 Å². The van der Waals surface area contributed by atoms with Crippen molar-refractivity contribution in [2.24, 2.45) is 5.92 Å². The van der Waals surface area contributed by atoms with Gasteiger partial charge in [-0.05, 0) is 43.1 Å². The number of thiocarbonyl (C=S) groups is 1. The van der Waals surface area contributed by atoms with Crippen molar-refractivity contribution in [3.05, 3.63) is 30.3 Å². The highest BCUT2D eigenvalue weighted by Gasteiger charge is 2.20. The molecule has 0 aromatic heterocycles. The second-order valence-corrected chi connectivity index (χ2v) is 5.40. The maximum Gasteiger partial charge on any atom is 0.173 e. The van der Waals surface area contributed by atoms with Gasteiger partial charge in [0.1, 0.15) is 0 Å². The summed E-state index contributed by atoms with van der Waals surface area (Å²) in [6.07, 6.45) is 5.24. The number of hydrogen-bond acceptors (Lipinski definition) is 1. The first-order valence-corrected chi connectivity index (χ1v) is 7.31. The summed E-state index contributed by atoms with van der Waals surface area (Å²) in [5, 5.41) is 4.19. The van der Waals surface area contributed by atoms with Gasteiger partial charge in [-0.3, -0.25) is 0 Å². The van der Waals surface area contributed by atoms with E-state index in [2.05, 4.69) is 29.3 Å². The molecule has 1 heterocycles. The van der Waals surface area contributed by atoms with Gasteiger partial charge >= 0.3 is 0 Å². The van der Waals surface area contributed by atoms with Crippen LogP contribution in [-0.4, -0.2) is 23.1 Å². The molecular formula is C15H22N2S. The van der Waals surface area contributed by atoms with Crippen molar-refractivity contribution < 1.29 is 0 Å². The summed E-state index contributed by atoms with van der Waals surface area (Å²) >= 11 is 5.47. The molecule has 18 heavy (non-hydrogen) atoms. The maximum absolute atomic E-state index is 5.47. The molecule has 0 saturated carbocycles. The Morgan fingerprint density at radius 3 is 2.56 bits per heavy atom. The third kappa shape index (κ3) is 3.70. The molecule has 0 aliphatic carbocycles. The highest BCUT2D eigenvalue weighted by atomic mass is 32.1. The Kier molecular flexibility index (Phi) is 5.00. The Morgan fingerprint density at radius 1 is 1.28 bits per heavy atom. The van der Waals surface area contributed by atoms with Gasteiger partial charge in [-0.1, -0.05) is 38.0 Å². The molecule has 2 rings (SSSR count). The van der Waals surface area contributed by atoms with E-state index in [-0.39, 0.29) is 0 Å². The lowest BCUT2D eigenvalue weighted by molar-refractivity contribution is 0.257. The molecule has 0 unspecified atom stereocenters. The van der Waals surface area contributed by atoms with E-state index in [9.17, 15) is 0 Å². The van der Waals surface area contributed by atoms with Crippen molar-refractivity contribution in [3.63, 3.8) is 0 Å². The fourth-order valence-electron chi connectivity index (χ4n) is 2.56. The monoisotopic (exact) mass is 262 g/mol. The summed E-state index contributed by atoms with van der Waals surface area (Å²) in [6.45, 7) is 4.47. The standard InChI is InChI=1S/C15H22N2S/c1-2-6-13-9-11-17(12-10-13)15(18)16-14-7-4-3-5-8-14/h3-5,7-8,13H,2,6,9-12H2,1H3,(H,16,18). The number of nitrogens with one attached hydrogen (secondary N) is 1. The summed E-state index contributed by atoms with van der Waals surface area (Å²) in [6, 6.07) is 10.2. The SMILES string of the molecule is CCCC1CCN(C(=S)Nc2ccccc2)CC1. The topological polar surface area (TPSA) is 15.3 Å². The van der Waals surface area contributed by atoms with E-state index >= 15 is 0 Å². The maximum atomic E-state index is 5.47. The van der Waals surface area contributed by atoms with Crippen LogP contribution in [0.3, 0.4) is 0 Å². The number of hydrogen-bond donors (Lipinski definition) is 1. The molecule has 1 N–H and O–H groups in total. The number of benzene rings is 1. The van der Waals surface area contributed by atoms with Gasteiger partial charge in [0.15, 0.2) is 5.11 Å². The predicted octanol–water partition coefficient (Wildman–Crippen LogP) is 3.90. The first-order chi connectivity index (χ1) is 8.79. The van der Waals surface area contributed by atoms with Gasteiger partial charge in [0.05, 0.1) is 0 Å². The van der Waals surface area contributed by atoms with Gasteiger partial charge in [-0.15, -0.1) is 0 Å².